The molecule has 1 saturated heterocycles. The molecule has 2 rings (SSSR count). The summed E-state index contributed by atoms with van der Waals surface area (Å²) in [6.45, 7) is 7.88. The van der Waals surface area contributed by atoms with Gasteiger partial charge in [0.1, 0.15) is 0 Å². The lowest BCUT2D eigenvalue weighted by atomic mass is 9.91. The van der Waals surface area contributed by atoms with Gasteiger partial charge in [-0.15, -0.1) is 0 Å². The van der Waals surface area contributed by atoms with Crippen LogP contribution in [0.25, 0.3) is 0 Å². The standard InChI is InChI=1S/C15H21BrN2O/c1-15(2,18-9-7-17-8-10-18)14(19)11-12-5-3-4-6-13(12)16/h3-6,17H,7-11H2,1-2H3. The third-order valence-electron chi connectivity index (χ3n) is 3.90. The van der Waals surface area contributed by atoms with Crippen LogP contribution in [-0.2, 0) is 11.2 Å². The highest BCUT2D eigenvalue weighted by atomic mass is 79.9. The van der Waals surface area contributed by atoms with Crippen LogP contribution in [0.4, 0.5) is 0 Å². The highest BCUT2D eigenvalue weighted by molar-refractivity contribution is 9.10. The van der Waals surface area contributed by atoms with E-state index in [1.165, 1.54) is 0 Å². The fraction of sp³-hybridized carbons (Fsp3) is 0.533. The molecule has 0 aliphatic carbocycles. The van der Waals surface area contributed by atoms with Gasteiger partial charge in [-0.3, -0.25) is 9.69 Å². The predicted octanol–water partition coefficient (Wildman–Crippen LogP) is 2.24. The molecule has 1 heterocycles. The van der Waals surface area contributed by atoms with Crippen molar-refractivity contribution in [3.63, 3.8) is 0 Å². The van der Waals surface area contributed by atoms with Gasteiger partial charge < -0.3 is 5.32 Å². The lowest BCUT2D eigenvalue weighted by molar-refractivity contribution is -0.129. The molecule has 1 aromatic rings. The van der Waals surface area contributed by atoms with E-state index in [4.69, 9.17) is 0 Å². The number of nitrogens with one attached hydrogen (secondary N) is 1. The van der Waals surface area contributed by atoms with Crippen molar-refractivity contribution in [2.75, 3.05) is 26.2 Å². The quantitative estimate of drug-likeness (QED) is 0.922. The molecule has 0 bridgehead atoms. The molecular formula is C15H21BrN2O. The summed E-state index contributed by atoms with van der Waals surface area (Å²) in [5, 5.41) is 3.32. The van der Waals surface area contributed by atoms with E-state index in [0.717, 1.165) is 36.2 Å². The molecular weight excluding hydrogens is 304 g/mol. The van der Waals surface area contributed by atoms with Gasteiger partial charge in [0.25, 0.3) is 0 Å². The lowest BCUT2D eigenvalue weighted by Crippen LogP contribution is -2.57. The summed E-state index contributed by atoms with van der Waals surface area (Å²) in [5.41, 5.74) is 0.674. The van der Waals surface area contributed by atoms with Crippen LogP contribution < -0.4 is 5.32 Å². The smallest absolute Gasteiger partial charge is 0.156 e. The monoisotopic (exact) mass is 324 g/mol. The van der Waals surface area contributed by atoms with Gasteiger partial charge in [-0.25, -0.2) is 0 Å². The zero-order valence-corrected chi connectivity index (χ0v) is 13.2. The number of hydrogen-bond donors (Lipinski definition) is 1. The highest BCUT2D eigenvalue weighted by Gasteiger charge is 2.34. The van der Waals surface area contributed by atoms with Crippen molar-refractivity contribution in [2.24, 2.45) is 0 Å². The van der Waals surface area contributed by atoms with Gasteiger partial charge in [0.2, 0.25) is 0 Å². The maximum atomic E-state index is 12.6. The first-order valence-corrected chi connectivity index (χ1v) is 7.53. The minimum absolute atomic E-state index is 0.279. The zero-order chi connectivity index (χ0) is 13.9. The normalized spacial score (nSPS) is 17.4. The number of nitrogens with zero attached hydrogens (tertiary/aromatic N) is 1. The Morgan fingerprint density at radius 1 is 1.32 bits per heavy atom. The van der Waals surface area contributed by atoms with E-state index < -0.39 is 5.54 Å². The Bertz CT molecular complexity index is 453. The van der Waals surface area contributed by atoms with E-state index in [1.807, 2.05) is 38.1 Å². The van der Waals surface area contributed by atoms with Crippen LogP contribution in [0, 0.1) is 0 Å². The Balaban J connectivity index is 2.08. The number of carbonyl (C=O) groups is 1. The van der Waals surface area contributed by atoms with Crippen LogP contribution in [0.1, 0.15) is 19.4 Å². The zero-order valence-electron chi connectivity index (χ0n) is 11.6. The van der Waals surface area contributed by atoms with E-state index in [9.17, 15) is 4.79 Å². The van der Waals surface area contributed by atoms with E-state index in [2.05, 4.69) is 26.1 Å². The molecule has 4 heteroatoms. The summed E-state index contributed by atoms with van der Waals surface area (Å²) in [7, 11) is 0. The Morgan fingerprint density at radius 3 is 2.58 bits per heavy atom. The Hall–Kier alpha value is -0.710. The maximum Gasteiger partial charge on any atom is 0.156 e. The highest BCUT2D eigenvalue weighted by Crippen LogP contribution is 2.22. The van der Waals surface area contributed by atoms with Crippen molar-refractivity contribution >= 4 is 21.7 Å². The van der Waals surface area contributed by atoms with E-state index in [1.54, 1.807) is 0 Å². The SMILES string of the molecule is CC(C)(C(=O)Cc1ccccc1Br)N1CCNCC1. The fourth-order valence-electron chi connectivity index (χ4n) is 2.43. The van der Waals surface area contributed by atoms with Gasteiger partial charge in [-0.1, -0.05) is 34.1 Å². The molecule has 0 amide bonds. The molecule has 0 saturated carbocycles. The van der Waals surface area contributed by atoms with Crippen LogP contribution in [0.5, 0.6) is 0 Å². The molecule has 19 heavy (non-hydrogen) atoms. The summed E-state index contributed by atoms with van der Waals surface area (Å²) >= 11 is 3.51. The number of benzene rings is 1. The number of rotatable bonds is 4. The molecule has 104 valence electrons. The summed E-state index contributed by atoms with van der Waals surface area (Å²) < 4.78 is 1.01. The van der Waals surface area contributed by atoms with E-state index >= 15 is 0 Å². The summed E-state index contributed by atoms with van der Waals surface area (Å²) in [6, 6.07) is 7.95. The first-order chi connectivity index (χ1) is 9.01. The summed E-state index contributed by atoms with van der Waals surface area (Å²) in [6.07, 6.45) is 0.484. The molecule has 1 N–H and O–H groups in total. The molecule has 1 aliphatic heterocycles. The molecule has 1 aliphatic rings. The largest absolute Gasteiger partial charge is 0.314 e. The second kappa shape index (κ2) is 6.16. The molecule has 0 atom stereocenters. The van der Waals surface area contributed by atoms with Gasteiger partial charge in [-0.05, 0) is 25.5 Å². The average molecular weight is 325 g/mol. The average Bonchev–Trinajstić information content (AvgIpc) is 2.42. The Labute approximate surface area is 123 Å². The topological polar surface area (TPSA) is 32.3 Å². The minimum atomic E-state index is -0.391. The number of halogens is 1. The van der Waals surface area contributed by atoms with Crippen LogP contribution in [0.3, 0.4) is 0 Å². The Morgan fingerprint density at radius 2 is 1.95 bits per heavy atom. The third kappa shape index (κ3) is 3.44. The first kappa shape index (κ1) is 14.7. The van der Waals surface area contributed by atoms with Gasteiger partial charge in [0.05, 0.1) is 5.54 Å². The lowest BCUT2D eigenvalue weighted by Gasteiger charge is -2.40. The predicted molar refractivity (Wildman–Crippen MR) is 81.4 cm³/mol. The first-order valence-electron chi connectivity index (χ1n) is 6.74. The number of Topliss-reactive ketones (excluding diaryl/α,β-unsaturated/α-hetero) is 1. The summed E-state index contributed by atoms with van der Waals surface area (Å²) in [5.74, 6) is 0.279. The number of hydrogen-bond acceptors (Lipinski definition) is 3. The maximum absolute atomic E-state index is 12.6. The fourth-order valence-corrected chi connectivity index (χ4v) is 2.86. The molecule has 0 aromatic heterocycles. The third-order valence-corrected chi connectivity index (χ3v) is 4.67. The van der Waals surface area contributed by atoms with Crippen molar-refractivity contribution < 1.29 is 4.79 Å². The second-order valence-corrected chi connectivity index (χ2v) is 6.34. The second-order valence-electron chi connectivity index (χ2n) is 5.49. The summed E-state index contributed by atoms with van der Waals surface area (Å²) in [4.78, 5) is 14.9. The van der Waals surface area contributed by atoms with Gasteiger partial charge in [-0.2, -0.15) is 0 Å². The van der Waals surface area contributed by atoms with Crippen LogP contribution in [0.2, 0.25) is 0 Å². The Kier molecular flexibility index (Phi) is 4.76. The van der Waals surface area contributed by atoms with E-state index in [0.29, 0.717) is 6.42 Å². The molecule has 1 aromatic carbocycles. The molecule has 0 spiro atoms. The minimum Gasteiger partial charge on any atom is -0.314 e. The van der Waals surface area contributed by atoms with Crippen molar-refractivity contribution in [1.82, 2.24) is 10.2 Å². The van der Waals surface area contributed by atoms with Crippen LogP contribution in [-0.4, -0.2) is 42.4 Å². The van der Waals surface area contributed by atoms with Gasteiger partial charge in [0.15, 0.2) is 5.78 Å². The molecule has 1 fully saturated rings. The van der Waals surface area contributed by atoms with Crippen LogP contribution in [0.15, 0.2) is 28.7 Å². The van der Waals surface area contributed by atoms with Gasteiger partial charge in [0, 0.05) is 37.1 Å². The number of carbonyl (C=O) groups excluding carboxylic acids is 1. The van der Waals surface area contributed by atoms with Gasteiger partial charge >= 0.3 is 0 Å². The van der Waals surface area contributed by atoms with E-state index in [-0.39, 0.29) is 5.78 Å². The van der Waals surface area contributed by atoms with Crippen molar-refractivity contribution in [2.45, 2.75) is 25.8 Å². The number of piperazine rings is 1. The molecule has 0 radical (unpaired) electrons. The van der Waals surface area contributed by atoms with Crippen molar-refractivity contribution in [3.05, 3.63) is 34.3 Å². The van der Waals surface area contributed by atoms with Crippen molar-refractivity contribution in [3.8, 4) is 0 Å². The number of ketones is 1. The van der Waals surface area contributed by atoms with Crippen LogP contribution >= 0.6 is 15.9 Å². The molecule has 0 unspecified atom stereocenters. The van der Waals surface area contributed by atoms with Crippen molar-refractivity contribution in [1.29, 1.82) is 0 Å². The molecule has 3 nitrogen and oxygen atoms in total.